The van der Waals surface area contributed by atoms with Crippen molar-refractivity contribution in [1.29, 1.82) is 0 Å². The van der Waals surface area contributed by atoms with Crippen LogP contribution in [-0.4, -0.2) is 10.8 Å². The summed E-state index contributed by atoms with van der Waals surface area (Å²) >= 11 is 1.63. The number of nitrogens with one attached hydrogen (secondary N) is 2. The molecule has 1 aromatic heterocycles. The number of fused-ring (bicyclic) bond motifs is 3. The van der Waals surface area contributed by atoms with Crippen molar-refractivity contribution in [2.24, 2.45) is 5.92 Å². The number of amides is 1. The Morgan fingerprint density at radius 2 is 2.12 bits per heavy atom. The van der Waals surface area contributed by atoms with Gasteiger partial charge >= 0.3 is 0 Å². The average Bonchev–Trinajstić information content (AvgIpc) is 2.99. The smallest absolute Gasteiger partial charge is 0.276 e. The molecule has 2 atom stereocenters. The summed E-state index contributed by atoms with van der Waals surface area (Å²) in [6.07, 6.45) is 3.65. The highest BCUT2D eigenvalue weighted by Gasteiger charge is 2.35. The van der Waals surface area contributed by atoms with Gasteiger partial charge in [-0.1, -0.05) is 25.5 Å². The zero-order chi connectivity index (χ0) is 17.6. The Balaban J connectivity index is 1.70. The number of thiophene rings is 1. The normalized spacial score (nSPS) is 21.7. The highest BCUT2D eigenvalue weighted by molar-refractivity contribution is 7.16. The Hall–Kier alpha value is -2.41. The minimum atomic E-state index is -0.580. The summed E-state index contributed by atoms with van der Waals surface area (Å²) in [5.74, 6) is 0.547. The quantitative estimate of drug-likeness (QED) is 0.642. The number of hydrogen-bond acceptors (Lipinski definition) is 5. The maximum absolute atomic E-state index is 12.7. The van der Waals surface area contributed by atoms with Gasteiger partial charge in [0.25, 0.3) is 11.6 Å². The molecule has 0 radical (unpaired) electrons. The van der Waals surface area contributed by atoms with Crippen LogP contribution in [0.1, 0.15) is 52.3 Å². The highest BCUT2D eigenvalue weighted by atomic mass is 32.1. The minimum absolute atomic E-state index is 0.0103. The monoisotopic (exact) mass is 357 g/mol. The Bertz CT molecular complexity index is 861. The molecule has 1 amide bonds. The molecule has 4 rings (SSSR count). The number of rotatable bonds is 3. The molecule has 2 aliphatic rings. The molecule has 0 spiro atoms. The van der Waals surface area contributed by atoms with Crippen molar-refractivity contribution < 1.29 is 9.72 Å². The first kappa shape index (κ1) is 16.1. The molecule has 1 aliphatic heterocycles. The number of carbonyl (C=O) groups excluding carboxylic acids is 1. The van der Waals surface area contributed by atoms with Gasteiger partial charge in [-0.05, 0) is 36.8 Å². The van der Waals surface area contributed by atoms with Crippen molar-refractivity contribution in [2.45, 2.75) is 38.8 Å². The van der Waals surface area contributed by atoms with Gasteiger partial charge in [-0.2, -0.15) is 0 Å². The summed E-state index contributed by atoms with van der Waals surface area (Å²) in [5, 5.41) is 18.3. The van der Waals surface area contributed by atoms with Gasteiger partial charge in [0.1, 0.15) is 11.2 Å². The molecule has 6 nitrogen and oxygen atoms in total. The van der Waals surface area contributed by atoms with Crippen LogP contribution in [0.2, 0.25) is 0 Å². The number of hydrogen-bond donors (Lipinski definition) is 2. The van der Waals surface area contributed by atoms with Gasteiger partial charge in [-0.3, -0.25) is 14.9 Å². The van der Waals surface area contributed by atoms with Crippen molar-refractivity contribution in [3.05, 3.63) is 55.9 Å². The van der Waals surface area contributed by atoms with Gasteiger partial charge in [-0.15, -0.1) is 11.3 Å². The van der Waals surface area contributed by atoms with Gasteiger partial charge in [0.2, 0.25) is 0 Å². The summed E-state index contributed by atoms with van der Waals surface area (Å²) in [4.78, 5) is 24.9. The molecule has 0 unspecified atom stereocenters. The molecule has 0 fully saturated rings. The van der Waals surface area contributed by atoms with E-state index in [1.807, 2.05) is 0 Å². The summed E-state index contributed by atoms with van der Waals surface area (Å²) in [6.45, 7) is 2.21. The number of benzene rings is 1. The Morgan fingerprint density at radius 1 is 1.32 bits per heavy atom. The number of nitro benzene ring substituents is 1. The molecular weight excluding hydrogens is 338 g/mol. The number of para-hydroxylation sites is 1. The van der Waals surface area contributed by atoms with E-state index < -0.39 is 11.1 Å². The minimum Gasteiger partial charge on any atom is -0.352 e. The van der Waals surface area contributed by atoms with E-state index >= 15 is 0 Å². The largest absolute Gasteiger partial charge is 0.352 e. The van der Waals surface area contributed by atoms with Crippen molar-refractivity contribution in [3.8, 4) is 0 Å². The molecule has 1 aromatic carbocycles. The summed E-state index contributed by atoms with van der Waals surface area (Å²) in [7, 11) is 0. The molecule has 25 heavy (non-hydrogen) atoms. The van der Waals surface area contributed by atoms with Gasteiger partial charge in [0.05, 0.1) is 16.1 Å². The van der Waals surface area contributed by atoms with Gasteiger partial charge < -0.3 is 10.6 Å². The molecule has 0 saturated carbocycles. The van der Waals surface area contributed by atoms with E-state index in [1.54, 1.807) is 29.5 Å². The van der Waals surface area contributed by atoms with Crippen LogP contribution in [0, 0.1) is 16.0 Å². The van der Waals surface area contributed by atoms with E-state index in [2.05, 4.69) is 17.6 Å². The molecule has 130 valence electrons. The lowest BCUT2D eigenvalue weighted by Gasteiger charge is -2.27. The van der Waals surface area contributed by atoms with E-state index in [0.29, 0.717) is 11.5 Å². The second-order valence-electron chi connectivity index (χ2n) is 6.59. The summed E-state index contributed by atoms with van der Waals surface area (Å²) in [6, 6.07) is 6.52. The standard InChI is InChI=1S/C18H19N3O3S/c1-2-10-7-8-12-14(9-10)25-18-15(12)17(22)19-16(20-18)11-5-3-4-6-13(11)21(23)24/h3-6,10,16,20H,2,7-9H2,1H3,(H,19,22)/t10-,16-/m0/s1. The van der Waals surface area contributed by atoms with Crippen molar-refractivity contribution in [3.63, 3.8) is 0 Å². The predicted molar refractivity (Wildman–Crippen MR) is 97.1 cm³/mol. The van der Waals surface area contributed by atoms with Crippen LogP contribution < -0.4 is 10.6 Å². The predicted octanol–water partition coefficient (Wildman–Crippen LogP) is 4.03. The number of anilines is 1. The first-order valence-electron chi connectivity index (χ1n) is 8.53. The number of nitrogens with zero attached hydrogens (tertiary/aromatic N) is 1. The second kappa shape index (κ2) is 6.15. The van der Waals surface area contributed by atoms with Gasteiger partial charge in [-0.25, -0.2) is 0 Å². The summed E-state index contributed by atoms with van der Waals surface area (Å²) in [5.41, 5.74) is 2.39. The SMILES string of the molecule is CC[C@H]1CCc2c(sc3c2C(=O)N[C@H](c2ccccc2[N+](=O)[O-])N3)C1. The fraction of sp³-hybridized carbons (Fsp3) is 0.389. The number of carbonyl (C=O) groups is 1. The zero-order valence-corrected chi connectivity index (χ0v) is 14.7. The third-order valence-electron chi connectivity index (χ3n) is 5.17. The fourth-order valence-electron chi connectivity index (χ4n) is 3.77. The van der Waals surface area contributed by atoms with E-state index in [9.17, 15) is 14.9 Å². The maximum atomic E-state index is 12.7. The van der Waals surface area contributed by atoms with Crippen LogP contribution in [0.3, 0.4) is 0 Å². The number of nitro groups is 1. The van der Waals surface area contributed by atoms with Crippen molar-refractivity contribution in [2.75, 3.05) is 5.32 Å². The molecular formula is C18H19N3O3S. The van der Waals surface area contributed by atoms with Crippen LogP contribution >= 0.6 is 11.3 Å². The topological polar surface area (TPSA) is 84.3 Å². The average molecular weight is 357 g/mol. The van der Waals surface area contributed by atoms with Crippen LogP contribution in [0.4, 0.5) is 10.7 Å². The molecule has 2 N–H and O–H groups in total. The molecule has 2 aromatic rings. The van der Waals surface area contributed by atoms with E-state index in [0.717, 1.165) is 41.8 Å². The van der Waals surface area contributed by atoms with Gasteiger partial charge in [0.15, 0.2) is 0 Å². The van der Waals surface area contributed by atoms with Crippen LogP contribution in [0.5, 0.6) is 0 Å². The highest BCUT2D eigenvalue weighted by Crippen LogP contribution is 2.43. The zero-order valence-electron chi connectivity index (χ0n) is 13.9. The molecule has 0 bridgehead atoms. The van der Waals surface area contributed by atoms with E-state index in [1.165, 1.54) is 10.9 Å². The van der Waals surface area contributed by atoms with Crippen molar-refractivity contribution >= 4 is 27.9 Å². The Labute approximate surface area is 149 Å². The van der Waals surface area contributed by atoms with Crippen molar-refractivity contribution in [1.82, 2.24) is 5.32 Å². The van der Waals surface area contributed by atoms with E-state index in [4.69, 9.17) is 0 Å². The first-order valence-corrected chi connectivity index (χ1v) is 9.35. The molecule has 7 heteroatoms. The lowest BCUT2D eigenvalue weighted by molar-refractivity contribution is -0.385. The second-order valence-corrected chi connectivity index (χ2v) is 7.70. The van der Waals surface area contributed by atoms with Crippen LogP contribution in [0.25, 0.3) is 0 Å². The first-order chi connectivity index (χ1) is 12.1. The van der Waals surface area contributed by atoms with Crippen LogP contribution in [-0.2, 0) is 12.8 Å². The Morgan fingerprint density at radius 3 is 2.88 bits per heavy atom. The fourth-order valence-corrected chi connectivity index (χ4v) is 5.16. The lowest BCUT2D eigenvalue weighted by Crippen LogP contribution is -2.38. The summed E-state index contributed by atoms with van der Waals surface area (Å²) < 4.78 is 0. The van der Waals surface area contributed by atoms with Crippen LogP contribution in [0.15, 0.2) is 24.3 Å². The lowest BCUT2D eigenvalue weighted by atomic mass is 9.85. The Kier molecular flexibility index (Phi) is 3.95. The maximum Gasteiger partial charge on any atom is 0.276 e. The third kappa shape index (κ3) is 2.68. The van der Waals surface area contributed by atoms with E-state index in [-0.39, 0.29) is 11.6 Å². The molecule has 0 saturated heterocycles. The third-order valence-corrected chi connectivity index (χ3v) is 6.35. The molecule has 2 heterocycles. The molecule has 1 aliphatic carbocycles. The van der Waals surface area contributed by atoms with Gasteiger partial charge in [0, 0.05) is 10.9 Å².